The van der Waals surface area contributed by atoms with Gasteiger partial charge in [-0.15, -0.1) is 0 Å². The van der Waals surface area contributed by atoms with Gasteiger partial charge in [0.1, 0.15) is 11.9 Å². The average Bonchev–Trinajstić information content (AvgIpc) is 3.34. The molecule has 8 nitrogen and oxygen atoms in total. The van der Waals surface area contributed by atoms with Crippen LogP contribution in [0.3, 0.4) is 0 Å². The molecule has 4 aromatic heterocycles. The smallest absolute Gasteiger partial charge is 0.158 e. The predicted molar refractivity (Wildman–Crippen MR) is 95.8 cm³/mol. The van der Waals surface area contributed by atoms with Crippen molar-refractivity contribution in [2.45, 2.75) is 18.8 Å². The fourth-order valence-corrected chi connectivity index (χ4v) is 3.75. The number of aromatic nitrogens is 6. The molecule has 0 unspecified atom stereocenters. The van der Waals surface area contributed by atoms with Crippen molar-refractivity contribution >= 4 is 22.6 Å². The first-order chi connectivity index (χ1) is 12.8. The SMILES string of the molecule is N#Cc1cnc(N2CCC[C@@H](c3cnc4cnc5[nH]ccc5n34)C2)cn1. The van der Waals surface area contributed by atoms with Crippen molar-refractivity contribution in [2.75, 3.05) is 18.0 Å². The average molecular weight is 344 g/mol. The molecule has 0 bridgehead atoms. The minimum absolute atomic E-state index is 0.339. The summed E-state index contributed by atoms with van der Waals surface area (Å²) in [6.45, 7) is 1.79. The highest BCUT2D eigenvalue weighted by Crippen LogP contribution is 2.30. The van der Waals surface area contributed by atoms with Gasteiger partial charge < -0.3 is 9.88 Å². The standard InChI is InChI=1S/C18H16N8/c19-6-13-7-22-16(9-21-13)25-5-1-2-12(11-25)15-8-23-17-10-24-18-14(26(15)17)3-4-20-18/h3-4,7-10,12,20H,1-2,5,11H2/t12-/m1/s1. The van der Waals surface area contributed by atoms with Crippen molar-refractivity contribution in [1.82, 2.24) is 29.3 Å². The number of H-pyrrole nitrogens is 1. The third kappa shape index (κ3) is 2.29. The maximum atomic E-state index is 8.89. The molecule has 0 aliphatic carbocycles. The van der Waals surface area contributed by atoms with Gasteiger partial charge in [-0.1, -0.05) is 0 Å². The van der Waals surface area contributed by atoms with E-state index in [0.29, 0.717) is 11.6 Å². The van der Waals surface area contributed by atoms with Crippen LogP contribution in [-0.4, -0.2) is 42.4 Å². The zero-order valence-electron chi connectivity index (χ0n) is 14.0. The van der Waals surface area contributed by atoms with Gasteiger partial charge in [0, 0.05) is 37.1 Å². The summed E-state index contributed by atoms with van der Waals surface area (Å²) in [5.41, 5.74) is 4.31. The second kappa shape index (κ2) is 5.81. The predicted octanol–water partition coefficient (Wildman–Crippen LogP) is 2.26. The van der Waals surface area contributed by atoms with Crippen LogP contribution in [0.15, 0.2) is 37.1 Å². The second-order valence-corrected chi connectivity index (χ2v) is 6.50. The summed E-state index contributed by atoms with van der Waals surface area (Å²) in [6.07, 6.45) is 11.0. The summed E-state index contributed by atoms with van der Waals surface area (Å²) in [6, 6.07) is 4.05. The topological polar surface area (TPSA) is 98.8 Å². The summed E-state index contributed by atoms with van der Waals surface area (Å²) in [5.74, 6) is 1.16. The maximum absolute atomic E-state index is 8.89. The number of nitrogens with one attached hydrogen (secondary N) is 1. The number of piperidine rings is 1. The molecular formula is C18H16N8. The Morgan fingerprint density at radius 1 is 1.12 bits per heavy atom. The fourth-order valence-electron chi connectivity index (χ4n) is 3.75. The fraction of sp³-hybridized carbons (Fsp3) is 0.278. The van der Waals surface area contributed by atoms with Gasteiger partial charge in [-0.25, -0.2) is 19.9 Å². The molecule has 5 rings (SSSR count). The molecule has 8 heteroatoms. The highest BCUT2D eigenvalue weighted by molar-refractivity contribution is 5.74. The van der Waals surface area contributed by atoms with Gasteiger partial charge in [-0.2, -0.15) is 5.26 Å². The van der Waals surface area contributed by atoms with Gasteiger partial charge in [0.15, 0.2) is 17.0 Å². The molecule has 128 valence electrons. The summed E-state index contributed by atoms with van der Waals surface area (Å²) in [5, 5.41) is 8.89. The lowest BCUT2D eigenvalue weighted by atomic mass is 9.95. The maximum Gasteiger partial charge on any atom is 0.158 e. The third-order valence-corrected chi connectivity index (χ3v) is 4.99. The molecule has 26 heavy (non-hydrogen) atoms. The number of nitriles is 1. The Kier molecular flexibility index (Phi) is 3.31. The molecule has 0 saturated carbocycles. The second-order valence-electron chi connectivity index (χ2n) is 6.50. The molecule has 0 aromatic carbocycles. The van der Waals surface area contributed by atoms with E-state index in [0.717, 1.165) is 48.6 Å². The Morgan fingerprint density at radius 3 is 2.92 bits per heavy atom. The Labute approximate surface area is 149 Å². The molecule has 1 saturated heterocycles. The van der Waals surface area contributed by atoms with Crippen LogP contribution < -0.4 is 4.90 Å². The molecule has 4 aromatic rings. The quantitative estimate of drug-likeness (QED) is 0.599. The molecule has 1 atom stereocenters. The van der Waals surface area contributed by atoms with E-state index in [1.165, 1.54) is 11.9 Å². The minimum Gasteiger partial charge on any atom is -0.355 e. The molecule has 0 amide bonds. The lowest BCUT2D eigenvalue weighted by molar-refractivity contribution is 0.497. The molecule has 0 spiro atoms. The van der Waals surface area contributed by atoms with E-state index in [2.05, 4.69) is 34.2 Å². The summed E-state index contributed by atoms with van der Waals surface area (Å²) in [4.78, 5) is 22.9. The van der Waals surface area contributed by atoms with Gasteiger partial charge in [0.2, 0.25) is 0 Å². The normalized spacial score (nSPS) is 17.7. The monoisotopic (exact) mass is 344 g/mol. The van der Waals surface area contributed by atoms with Gasteiger partial charge in [-0.3, -0.25) is 4.40 Å². The molecular weight excluding hydrogens is 328 g/mol. The van der Waals surface area contributed by atoms with Crippen LogP contribution in [0.4, 0.5) is 5.82 Å². The Morgan fingerprint density at radius 2 is 2.08 bits per heavy atom. The number of hydrogen-bond donors (Lipinski definition) is 1. The highest BCUT2D eigenvalue weighted by atomic mass is 15.2. The van der Waals surface area contributed by atoms with E-state index < -0.39 is 0 Å². The van der Waals surface area contributed by atoms with E-state index in [4.69, 9.17) is 5.26 Å². The number of hydrogen-bond acceptors (Lipinski definition) is 6. The van der Waals surface area contributed by atoms with E-state index in [1.807, 2.05) is 24.5 Å². The first kappa shape index (κ1) is 14.8. The van der Waals surface area contributed by atoms with Crippen LogP contribution in [0.5, 0.6) is 0 Å². The van der Waals surface area contributed by atoms with Gasteiger partial charge >= 0.3 is 0 Å². The zero-order chi connectivity index (χ0) is 17.5. The molecule has 1 N–H and O–H groups in total. The summed E-state index contributed by atoms with van der Waals surface area (Å²) >= 11 is 0. The highest BCUT2D eigenvalue weighted by Gasteiger charge is 2.25. The van der Waals surface area contributed by atoms with Crippen molar-refractivity contribution in [3.05, 3.63) is 48.4 Å². The van der Waals surface area contributed by atoms with Crippen LogP contribution in [0.25, 0.3) is 16.8 Å². The Balaban J connectivity index is 1.51. The van der Waals surface area contributed by atoms with Crippen molar-refractivity contribution in [3.8, 4) is 6.07 Å². The minimum atomic E-state index is 0.339. The van der Waals surface area contributed by atoms with Crippen molar-refractivity contribution < 1.29 is 0 Å². The Bertz CT molecular complexity index is 1120. The number of fused-ring (bicyclic) bond motifs is 3. The summed E-state index contributed by atoms with van der Waals surface area (Å²) < 4.78 is 2.19. The third-order valence-electron chi connectivity index (χ3n) is 4.99. The molecule has 1 aliphatic heterocycles. The number of nitrogens with zero attached hydrogens (tertiary/aromatic N) is 7. The van der Waals surface area contributed by atoms with E-state index >= 15 is 0 Å². The zero-order valence-corrected chi connectivity index (χ0v) is 14.0. The number of imidazole rings is 1. The van der Waals surface area contributed by atoms with Gasteiger partial charge in [-0.05, 0) is 18.9 Å². The Hall–Kier alpha value is -3.47. The largest absolute Gasteiger partial charge is 0.355 e. The van der Waals surface area contributed by atoms with Crippen LogP contribution >= 0.6 is 0 Å². The van der Waals surface area contributed by atoms with E-state index in [9.17, 15) is 0 Å². The molecule has 5 heterocycles. The van der Waals surface area contributed by atoms with Crippen molar-refractivity contribution in [3.63, 3.8) is 0 Å². The van der Waals surface area contributed by atoms with Crippen molar-refractivity contribution in [1.29, 1.82) is 5.26 Å². The lowest BCUT2D eigenvalue weighted by Crippen LogP contribution is -2.35. The van der Waals surface area contributed by atoms with Gasteiger partial charge in [0.25, 0.3) is 0 Å². The van der Waals surface area contributed by atoms with E-state index in [1.54, 1.807) is 12.4 Å². The van der Waals surface area contributed by atoms with E-state index in [-0.39, 0.29) is 0 Å². The van der Waals surface area contributed by atoms with Gasteiger partial charge in [0.05, 0.1) is 24.1 Å². The lowest BCUT2D eigenvalue weighted by Gasteiger charge is -2.33. The first-order valence-electron chi connectivity index (χ1n) is 8.60. The molecule has 0 radical (unpaired) electrons. The van der Waals surface area contributed by atoms with Crippen LogP contribution in [0, 0.1) is 11.3 Å². The number of anilines is 1. The van der Waals surface area contributed by atoms with Crippen molar-refractivity contribution in [2.24, 2.45) is 0 Å². The molecule has 1 fully saturated rings. The first-order valence-corrected chi connectivity index (χ1v) is 8.60. The summed E-state index contributed by atoms with van der Waals surface area (Å²) in [7, 11) is 0. The van der Waals surface area contributed by atoms with Crippen LogP contribution in [0.2, 0.25) is 0 Å². The number of aromatic amines is 1. The van der Waals surface area contributed by atoms with Crippen LogP contribution in [0.1, 0.15) is 30.1 Å². The van der Waals surface area contributed by atoms with Crippen LogP contribution in [-0.2, 0) is 0 Å². The molecule has 1 aliphatic rings. The number of rotatable bonds is 2.